The van der Waals surface area contributed by atoms with Crippen molar-refractivity contribution in [1.82, 2.24) is 9.55 Å². The highest BCUT2D eigenvalue weighted by Crippen LogP contribution is 2.12. The molecule has 1 aromatic carbocycles. The van der Waals surface area contributed by atoms with Gasteiger partial charge in [0.05, 0.1) is 25.3 Å². The second kappa shape index (κ2) is 6.57. The van der Waals surface area contributed by atoms with Crippen LogP contribution in [-0.2, 0) is 11.3 Å². The van der Waals surface area contributed by atoms with Gasteiger partial charge in [0.2, 0.25) is 0 Å². The SMILES string of the molecule is COC(=O)c1cn(CCOc2ccc(C#N)cc2)c(C)n1. The Balaban J connectivity index is 1.92. The zero-order valence-corrected chi connectivity index (χ0v) is 11.9. The zero-order valence-electron chi connectivity index (χ0n) is 11.9. The van der Waals surface area contributed by atoms with E-state index in [0.717, 1.165) is 5.82 Å². The van der Waals surface area contributed by atoms with Gasteiger partial charge in [0.1, 0.15) is 18.2 Å². The third-order valence-electron chi connectivity index (χ3n) is 2.95. The van der Waals surface area contributed by atoms with Crippen LogP contribution in [0.3, 0.4) is 0 Å². The van der Waals surface area contributed by atoms with Crippen molar-refractivity contribution in [3.63, 3.8) is 0 Å². The molecule has 6 nitrogen and oxygen atoms in total. The molecule has 0 spiro atoms. The fraction of sp³-hybridized carbons (Fsp3) is 0.267. The minimum absolute atomic E-state index is 0.286. The average molecular weight is 285 g/mol. The van der Waals surface area contributed by atoms with Gasteiger partial charge in [0.15, 0.2) is 5.69 Å². The maximum atomic E-state index is 11.4. The molecule has 108 valence electrons. The Labute approximate surface area is 122 Å². The minimum atomic E-state index is -0.454. The lowest BCUT2D eigenvalue weighted by atomic mass is 10.2. The number of aromatic nitrogens is 2. The maximum Gasteiger partial charge on any atom is 0.358 e. The summed E-state index contributed by atoms with van der Waals surface area (Å²) >= 11 is 0. The molecular formula is C15H15N3O3. The summed E-state index contributed by atoms with van der Waals surface area (Å²) in [6.45, 7) is 2.81. The van der Waals surface area contributed by atoms with Crippen LogP contribution in [0.1, 0.15) is 21.9 Å². The Morgan fingerprint density at radius 3 is 2.71 bits per heavy atom. The van der Waals surface area contributed by atoms with Gasteiger partial charge in [0.25, 0.3) is 0 Å². The molecule has 21 heavy (non-hydrogen) atoms. The van der Waals surface area contributed by atoms with E-state index in [9.17, 15) is 4.79 Å². The van der Waals surface area contributed by atoms with Crippen molar-refractivity contribution in [3.8, 4) is 11.8 Å². The number of hydrogen-bond acceptors (Lipinski definition) is 5. The van der Waals surface area contributed by atoms with Gasteiger partial charge >= 0.3 is 5.97 Å². The van der Waals surface area contributed by atoms with E-state index in [1.54, 1.807) is 30.5 Å². The summed E-state index contributed by atoms with van der Waals surface area (Å²) in [6.07, 6.45) is 1.64. The van der Waals surface area contributed by atoms with Crippen molar-refractivity contribution >= 4 is 5.97 Å². The molecular weight excluding hydrogens is 270 g/mol. The first-order valence-corrected chi connectivity index (χ1v) is 6.39. The molecule has 0 aliphatic heterocycles. The molecule has 0 atom stereocenters. The highest BCUT2D eigenvalue weighted by Gasteiger charge is 2.11. The van der Waals surface area contributed by atoms with E-state index >= 15 is 0 Å². The standard InChI is InChI=1S/C15H15N3O3/c1-11-17-14(15(19)20-2)10-18(11)7-8-21-13-5-3-12(9-16)4-6-13/h3-6,10H,7-8H2,1-2H3. The second-order valence-corrected chi connectivity index (χ2v) is 4.34. The minimum Gasteiger partial charge on any atom is -0.492 e. The van der Waals surface area contributed by atoms with Gasteiger partial charge in [0, 0.05) is 6.20 Å². The van der Waals surface area contributed by atoms with Crippen LogP contribution in [0.2, 0.25) is 0 Å². The predicted molar refractivity (Wildman–Crippen MR) is 75.0 cm³/mol. The lowest BCUT2D eigenvalue weighted by Crippen LogP contribution is -2.08. The molecule has 0 aliphatic rings. The van der Waals surface area contributed by atoms with Crippen molar-refractivity contribution in [1.29, 1.82) is 5.26 Å². The first-order valence-electron chi connectivity index (χ1n) is 6.39. The fourth-order valence-corrected chi connectivity index (χ4v) is 1.83. The fourth-order valence-electron chi connectivity index (χ4n) is 1.83. The van der Waals surface area contributed by atoms with Crippen molar-refractivity contribution in [2.45, 2.75) is 13.5 Å². The highest BCUT2D eigenvalue weighted by molar-refractivity contribution is 5.86. The number of imidazole rings is 1. The van der Waals surface area contributed by atoms with Gasteiger partial charge in [-0.2, -0.15) is 5.26 Å². The largest absolute Gasteiger partial charge is 0.492 e. The predicted octanol–water partition coefficient (Wildman–Crippen LogP) is 1.93. The monoisotopic (exact) mass is 285 g/mol. The number of ether oxygens (including phenoxy) is 2. The Hall–Kier alpha value is -2.81. The van der Waals surface area contributed by atoms with E-state index < -0.39 is 5.97 Å². The molecule has 0 radical (unpaired) electrons. The van der Waals surface area contributed by atoms with E-state index in [0.29, 0.717) is 24.5 Å². The Bertz CT molecular complexity index is 668. The topological polar surface area (TPSA) is 77.1 Å². The summed E-state index contributed by atoms with van der Waals surface area (Å²) in [7, 11) is 1.32. The van der Waals surface area contributed by atoms with Crippen molar-refractivity contribution in [2.75, 3.05) is 13.7 Å². The van der Waals surface area contributed by atoms with Crippen LogP contribution in [0.5, 0.6) is 5.75 Å². The molecule has 2 aromatic rings. The summed E-state index contributed by atoms with van der Waals surface area (Å²) in [6, 6.07) is 8.95. The molecule has 0 amide bonds. The average Bonchev–Trinajstić information content (AvgIpc) is 2.88. The normalized spacial score (nSPS) is 9.95. The van der Waals surface area contributed by atoms with E-state index in [1.165, 1.54) is 7.11 Å². The molecule has 0 bridgehead atoms. The van der Waals surface area contributed by atoms with Crippen molar-refractivity contribution in [2.24, 2.45) is 0 Å². The lowest BCUT2D eigenvalue weighted by Gasteiger charge is -2.07. The first-order chi connectivity index (χ1) is 10.1. The van der Waals surface area contributed by atoms with Crippen LogP contribution in [0.4, 0.5) is 0 Å². The summed E-state index contributed by atoms with van der Waals surface area (Å²) in [5.74, 6) is 0.962. The summed E-state index contributed by atoms with van der Waals surface area (Å²) in [5, 5.41) is 8.71. The second-order valence-electron chi connectivity index (χ2n) is 4.34. The Kier molecular flexibility index (Phi) is 4.57. The van der Waals surface area contributed by atoms with Gasteiger partial charge in [-0.3, -0.25) is 0 Å². The lowest BCUT2D eigenvalue weighted by molar-refractivity contribution is 0.0594. The first kappa shape index (κ1) is 14.6. The molecule has 2 rings (SSSR count). The zero-order chi connectivity index (χ0) is 15.2. The number of carbonyl (C=O) groups is 1. The third-order valence-corrected chi connectivity index (χ3v) is 2.95. The number of nitriles is 1. The number of methoxy groups -OCH3 is 1. The van der Waals surface area contributed by atoms with E-state index in [2.05, 4.69) is 15.8 Å². The number of benzene rings is 1. The molecule has 6 heteroatoms. The van der Waals surface area contributed by atoms with Gasteiger partial charge in [-0.05, 0) is 31.2 Å². The van der Waals surface area contributed by atoms with Crippen LogP contribution < -0.4 is 4.74 Å². The molecule has 0 saturated carbocycles. The molecule has 0 saturated heterocycles. The number of carbonyl (C=O) groups excluding carboxylic acids is 1. The number of hydrogen-bond donors (Lipinski definition) is 0. The van der Waals surface area contributed by atoms with Gasteiger partial charge in [-0.15, -0.1) is 0 Å². The quantitative estimate of drug-likeness (QED) is 0.784. The molecule has 0 unspecified atom stereocenters. The van der Waals surface area contributed by atoms with Crippen molar-refractivity contribution < 1.29 is 14.3 Å². The summed E-state index contributed by atoms with van der Waals surface area (Å²) in [4.78, 5) is 15.5. The smallest absolute Gasteiger partial charge is 0.358 e. The highest BCUT2D eigenvalue weighted by atomic mass is 16.5. The van der Waals surface area contributed by atoms with Crippen LogP contribution in [0, 0.1) is 18.3 Å². The number of esters is 1. The van der Waals surface area contributed by atoms with Gasteiger partial charge in [-0.25, -0.2) is 9.78 Å². The van der Waals surface area contributed by atoms with Gasteiger partial charge in [-0.1, -0.05) is 0 Å². The number of rotatable bonds is 5. The summed E-state index contributed by atoms with van der Waals surface area (Å²) < 4.78 is 12.0. The van der Waals surface area contributed by atoms with Crippen LogP contribution in [-0.4, -0.2) is 29.2 Å². The van der Waals surface area contributed by atoms with E-state index in [-0.39, 0.29) is 5.69 Å². The molecule has 1 aromatic heterocycles. The van der Waals surface area contributed by atoms with E-state index in [1.807, 2.05) is 11.5 Å². The third kappa shape index (κ3) is 3.60. The van der Waals surface area contributed by atoms with E-state index in [4.69, 9.17) is 10.00 Å². The van der Waals surface area contributed by atoms with Crippen molar-refractivity contribution in [3.05, 3.63) is 47.5 Å². The molecule has 0 N–H and O–H groups in total. The Morgan fingerprint density at radius 1 is 1.38 bits per heavy atom. The van der Waals surface area contributed by atoms with Crippen LogP contribution >= 0.6 is 0 Å². The molecule has 1 heterocycles. The Morgan fingerprint density at radius 2 is 2.10 bits per heavy atom. The van der Waals surface area contributed by atoms with Crippen LogP contribution in [0.15, 0.2) is 30.5 Å². The summed E-state index contributed by atoms with van der Waals surface area (Å²) in [5.41, 5.74) is 0.879. The number of nitrogens with zero attached hydrogens (tertiary/aromatic N) is 3. The molecule has 0 aliphatic carbocycles. The molecule has 0 fully saturated rings. The number of aryl methyl sites for hydroxylation is 1. The van der Waals surface area contributed by atoms with Gasteiger partial charge < -0.3 is 14.0 Å². The maximum absolute atomic E-state index is 11.4. The van der Waals surface area contributed by atoms with Crippen LogP contribution in [0.25, 0.3) is 0 Å².